The molecule has 0 aliphatic heterocycles. The number of ketones is 1. The van der Waals surface area contributed by atoms with Gasteiger partial charge in [-0.3, -0.25) is 4.79 Å². The van der Waals surface area contributed by atoms with E-state index in [1.165, 1.54) is 29.5 Å². The Labute approximate surface area is 177 Å². The van der Waals surface area contributed by atoms with E-state index in [-0.39, 0.29) is 24.2 Å². The zero-order chi connectivity index (χ0) is 20.9. The van der Waals surface area contributed by atoms with Gasteiger partial charge in [0, 0.05) is 23.8 Å². The average Bonchev–Trinajstić information content (AvgIpc) is 3.37. The van der Waals surface area contributed by atoms with E-state index in [2.05, 4.69) is 15.0 Å². The summed E-state index contributed by atoms with van der Waals surface area (Å²) in [5.74, 6) is -0.452. The van der Waals surface area contributed by atoms with Crippen LogP contribution >= 0.6 is 11.3 Å². The van der Waals surface area contributed by atoms with Gasteiger partial charge in [-0.15, -0.1) is 11.3 Å². The number of thiazole rings is 1. The molecule has 1 N–H and O–H groups in total. The molecule has 0 fully saturated rings. The van der Waals surface area contributed by atoms with Crippen LogP contribution in [-0.2, 0) is 19.3 Å². The molecule has 0 radical (unpaired) electrons. The van der Waals surface area contributed by atoms with Gasteiger partial charge in [0.25, 0.3) is 0 Å². The Balaban J connectivity index is 1.25. The number of rotatable bonds is 9. The fraction of sp³-hybridized carbons (Fsp3) is 0.261. The van der Waals surface area contributed by atoms with Crippen LogP contribution < -0.4 is 0 Å². The maximum atomic E-state index is 13.7. The molecule has 0 spiro atoms. The Kier molecular flexibility index (Phi) is 6.28. The van der Waals surface area contributed by atoms with Crippen molar-refractivity contribution < 1.29 is 13.6 Å². The standard InChI is InChI=1S/C23H21F2N3OS/c24-16-6-5-7-17(25)15(16)12-13-21(29)20-14-30-23(28-20)11-4-3-10-22-26-18-8-1-2-9-19(18)27-22/h1-2,5-9,14H,3-4,10-13H2,(H,26,27). The van der Waals surface area contributed by atoms with Crippen LogP contribution in [-0.4, -0.2) is 20.7 Å². The Morgan fingerprint density at radius 1 is 0.933 bits per heavy atom. The van der Waals surface area contributed by atoms with Crippen molar-refractivity contribution in [3.8, 4) is 0 Å². The van der Waals surface area contributed by atoms with Crippen LogP contribution in [0.25, 0.3) is 11.0 Å². The highest BCUT2D eigenvalue weighted by Gasteiger charge is 2.14. The minimum absolute atomic E-state index is 0.0295. The molecule has 4 nitrogen and oxygen atoms in total. The number of nitrogens with zero attached hydrogens (tertiary/aromatic N) is 2. The molecule has 2 aromatic carbocycles. The molecule has 2 aromatic heterocycles. The van der Waals surface area contributed by atoms with E-state index < -0.39 is 11.6 Å². The van der Waals surface area contributed by atoms with Crippen molar-refractivity contribution in [1.82, 2.24) is 15.0 Å². The summed E-state index contributed by atoms with van der Waals surface area (Å²) >= 11 is 1.45. The van der Waals surface area contributed by atoms with Gasteiger partial charge < -0.3 is 4.98 Å². The summed E-state index contributed by atoms with van der Waals surface area (Å²) in [7, 11) is 0. The topological polar surface area (TPSA) is 58.6 Å². The molecule has 4 aromatic rings. The molecule has 4 rings (SSSR count). The first kappa shape index (κ1) is 20.3. The number of carbonyl (C=O) groups excluding carboxylic acids is 1. The Hall–Kier alpha value is -2.93. The first-order chi connectivity index (χ1) is 14.6. The molecule has 0 atom stereocenters. The summed E-state index contributed by atoms with van der Waals surface area (Å²) < 4.78 is 27.4. The molecule has 154 valence electrons. The zero-order valence-corrected chi connectivity index (χ0v) is 17.1. The lowest BCUT2D eigenvalue weighted by Crippen LogP contribution is -2.04. The first-order valence-corrected chi connectivity index (χ1v) is 10.8. The average molecular weight is 426 g/mol. The lowest BCUT2D eigenvalue weighted by Gasteiger charge is -2.03. The molecule has 30 heavy (non-hydrogen) atoms. The number of nitrogens with one attached hydrogen (secondary N) is 1. The van der Waals surface area contributed by atoms with Gasteiger partial charge >= 0.3 is 0 Å². The number of hydrogen-bond donors (Lipinski definition) is 1. The van der Waals surface area contributed by atoms with E-state index in [0.29, 0.717) is 5.69 Å². The third-order valence-electron chi connectivity index (χ3n) is 4.99. The van der Waals surface area contributed by atoms with Crippen LogP contribution in [0.1, 0.15) is 46.1 Å². The largest absolute Gasteiger partial charge is 0.342 e. The summed E-state index contributed by atoms with van der Waals surface area (Å²) in [5, 5.41) is 2.63. The summed E-state index contributed by atoms with van der Waals surface area (Å²) in [5.41, 5.74) is 2.35. The number of carbonyl (C=O) groups is 1. The summed E-state index contributed by atoms with van der Waals surface area (Å²) in [6, 6.07) is 11.7. The summed E-state index contributed by atoms with van der Waals surface area (Å²) in [4.78, 5) is 24.6. The van der Waals surface area contributed by atoms with Crippen molar-refractivity contribution in [2.24, 2.45) is 0 Å². The van der Waals surface area contributed by atoms with Crippen molar-refractivity contribution in [1.29, 1.82) is 0 Å². The fourth-order valence-electron chi connectivity index (χ4n) is 3.38. The van der Waals surface area contributed by atoms with E-state index in [9.17, 15) is 13.6 Å². The number of benzene rings is 2. The van der Waals surface area contributed by atoms with E-state index in [0.717, 1.165) is 47.5 Å². The summed E-state index contributed by atoms with van der Waals surface area (Å²) in [6.07, 6.45) is 3.63. The Bertz CT molecular complexity index is 1110. The van der Waals surface area contributed by atoms with Crippen LogP contribution in [0.15, 0.2) is 47.8 Å². The molecule has 0 unspecified atom stereocenters. The molecule has 0 aliphatic rings. The highest BCUT2D eigenvalue weighted by Crippen LogP contribution is 2.19. The predicted molar refractivity (Wildman–Crippen MR) is 114 cm³/mol. The Morgan fingerprint density at radius 2 is 1.70 bits per heavy atom. The maximum Gasteiger partial charge on any atom is 0.182 e. The number of H-pyrrole nitrogens is 1. The van der Waals surface area contributed by atoms with Gasteiger partial charge in [0.05, 0.1) is 16.0 Å². The normalized spacial score (nSPS) is 11.3. The quantitative estimate of drug-likeness (QED) is 0.277. The number of hydrogen-bond acceptors (Lipinski definition) is 4. The number of imidazole rings is 1. The monoisotopic (exact) mass is 425 g/mol. The fourth-order valence-corrected chi connectivity index (χ4v) is 4.23. The van der Waals surface area contributed by atoms with Crippen LogP contribution in [0.3, 0.4) is 0 Å². The molecule has 2 heterocycles. The zero-order valence-electron chi connectivity index (χ0n) is 16.3. The number of para-hydroxylation sites is 2. The molecular formula is C23H21F2N3OS. The number of unbranched alkanes of at least 4 members (excludes halogenated alkanes) is 1. The lowest BCUT2D eigenvalue weighted by atomic mass is 10.1. The molecule has 0 saturated heterocycles. The van der Waals surface area contributed by atoms with Crippen molar-refractivity contribution in [2.75, 3.05) is 0 Å². The van der Waals surface area contributed by atoms with Crippen LogP contribution in [0.5, 0.6) is 0 Å². The number of aromatic amines is 1. The number of fused-ring (bicyclic) bond motifs is 1. The number of aryl methyl sites for hydroxylation is 2. The van der Waals surface area contributed by atoms with E-state index >= 15 is 0 Å². The number of halogens is 2. The van der Waals surface area contributed by atoms with Gasteiger partial charge in [-0.25, -0.2) is 18.7 Å². The second-order valence-corrected chi connectivity index (χ2v) is 8.10. The number of aromatic nitrogens is 3. The minimum atomic E-state index is -0.619. The molecule has 0 saturated carbocycles. The predicted octanol–water partition coefficient (Wildman–Crippen LogP) is 5.68. The minimum Gasteiger partial charge on any atom is -0.342 e. The van der Waals surface area contributed by atoms with Crippen LogP contribution in [0.4, 0.5) is 8.78 Å². The van der Waals surface area contributed by atoms with Crippen LogP contribution in [0.2, 0.25) is 0 Å². The van der Waals surface area contributed by atoms with E-state index in [1.807, 2.05) is 24.3 Å². The van der Waals surface area contributed by atoms with Crippen molar-refractivity contribution in [3.05, 3.63) is 81.6 Å². The maximum absolute atomic E-state index is 13.7. The SMILES string of the molecule is O=C(CCc1c(F)cccc1F)c1csc(CCCCc2nc3ccccc3[nH]2)n1. The van der Waals surface area contributed by atoms with Crippen molar-refractivity contribution in [2.45, 2.75) is 38.5 Å². The third kappa shape index (κ3) is 4.79. The Morgan fingerprint density at radius 3 is 2.50 bits per heavy atom. The third-order valence-corrected chi connectivity index (χ3v) is 5.90. The highest BCUT2D eigenvalue weighted by molar-refractivity contribution is 7.09. The molecule has 7 heteroatoms. The molecule has 0 aliphatic carbocycles. The summed E-state index contributed by atoms with van der Waals surface area (Å²) in [6.45, 7) is 0. The van der Waals surface area contributed by atoms with Gasteiger partial charge in [0.1, 0.15) is 23.2 Å². The van der Waals surface area contributed by atoms with Crippen molar-refractivity contribution >= 4 is 28.2 Å². The van der Waals surface area contributed by atoms with Gasteiger partial charge in [-0.2, -0.15) is 0 Å². The van der Waals surface area contributed by atoms with Gasteiger partial charge in [-0.05, 0) is 49.9 Å². The molecular weight excluding hydrogens is 404 g/mol. The van der Waals surface area contributed by atoms with Crippen LogP contribution in [0, 0.1) is 11.6 Å². The lowest BCUT2D eigenvalue weighted by molar-refractivity contribution is 0.0978. The highest BCUT2D eigenvalue weighted by atomic mass is 32.1. The van der Waals surface area contributed by atoms with E-state index in [1.54, 1.807) is 5.38 Å². The molecule has 0 bridgehead atoms. The van der Waals surface area contributed by atoms with Gasteiger partial charge in [0.15, 0.2) is 5.78 Å². The van der Waals surface area contributed by atoms with Crippen molar-refractivity contribution in [3.63, 3.8) is 0 Å². The second kappa shape index (κ2) is 9.26. The first-order valence-electron chi connectivity index (χ1n) is 9.94. The number of Topliss-reactive ketones (excluding diaryl/α,β-unsaturated/α-hetero) is 1. The van der Waals surface area contributed by atoms with E-state index in [4.69, 9.17) is 0 Å². The second-order valence-electron chi connectivity index (χ2n) is 7.16. The molecule has 0 amide bonds. The van der Waals surface area contributed by atoms with Gasteiger partial charge in [0.2, 0.25) is 0 Å². The van der Waals surface area contributed by atoms with Gasteiger partial charge in [-0.1, -0.05) is 18.2 Å². The smallest absolute Gasteiger partial charge is 0.182 e.